The van der Waals surface area contributed by atoms with Crippen LogP contribution in [0.25, 0.3) is 0 Å². The minimum Gasteiger partial charge on any atom is -0.494 e. The Morgan fingerprint density at radius 3 is 1.23 bits per heavy atom. The highest BCUT2D eigenvalue weighted by Gasteiger charge is 2.18. The fraction of sp³-hybridized carbons (Fsp3) is 0.385. The summed E-state index contributed by atoms with van der Waals surface area (Å²) in [5.74, 6) is 2.72. The monoisotopic (exact) mass is 875 g/mol. The van der Waals surface area contributed by atoms with E-state index in [1.54, 1.807) is 42.5 Å². The molecular weight excluding hydrogens is 815 g/mol. The quantitative estimate of drug-likeness (QED) is 0.0194. The molecule has 4 rings (SSSR count). The van der Waals surface area contributed by atoms with Gasteiger partial charge in [-0.15, -0.1) is 0 Å². The predicted molar refractivity (Wildman–Crippen MR) is 244 cm³/mol. The molecule has 4 aromatic carbocycles. The largest absolute Gasteiger partial charge is 0.494 e. The van der Waals surface area contributed by atoms with E-state index in [-0.39, 0.29) is 12.2 Å². The second kappa shape index (κ2) is 30.3. The van der Waals surface area contributed by atoms with Crippen LogP contribution >= 0.6 is 0 Å². The van der Waals surface area contributed by atoms with Crippen molar-refractivity contribution >= 4 is 17.9 Å². The van der Waals surface area contributed by atoms with E-state index in [0.717, 1.165) is 102 Å². The lowest BCUT2D eigenvalue weighted by atomic mass is 10.1. The second-order valence-electron chi connectivity index (χ2n) is 14.8. The summed E-state index contributed by atoms with van der Waals surface area (Å²) in [5, 5.41) is 8.95. The summed E-state index contributed by atoms with van der Waals surface area (Å²) >= 11 is 0. The predicted octanol–water partition coefficient (Wildman–Crippen LogP) is 12.1. The lowest BCUT2D eigenvalue weighted by Crippen LogP contribution is -2.08. The van der Waals surface area contributed by atoms with Gasteiger partial charge in [-0.25, -0.2) is 14.4 Å². The van der Waals surface area contributed by atoms with Crippen LogP contribution in [0.1, 0.15) is 106 Å². The zero-order valence-electron chi connectivity index (χ0n) is 36.8. The zero-order valence-corrected chi connectivity index (χ0v) is 36.8. The number of unbranched alkanes of at least 4 members (excludes halogenated alkanes) is 11. The van der Waals surface area contributed by atoms with Crippen molar-refractivity contribution in [3.8, 4) is 46.3 Å². The van der Waals surface area contributed by atoms with Gasteiger partial charge in [-0.05, 0) is 155 Å². The molecule has 0 bridgehead atoms. The van der Waals surface area contributed by atoms with Gasteiger partial charge in [-0.3, -0.25) is 0 Å². The Kier molecular flexibility index (Phi) is 23.7. The number of nitrogens with zero attached hydrogens (tertiary/aromatic N) is 1. The Labute approximate surface area is 377 Å². The molecule has 0 saturated heterocycles. The van der Waals surface area contributed by atoms with Gasteiger partial charge in [0.25, 0.3) is 0 Å². The maximum absolute atomic E-state index is 13.6. The molecular formula is C52H61NO11. The van der Waals surface area contributed by atoms with Gasteiger partial charge in [0.1, 0.15) is 45.8 Å². The lowest BCUT2D eigenvalue weighted by molar-refractivity contribution is -0.138. The molecule has 0 aliphatic rings. The molecule has 64 heavy (non-hydrogen) atoms. The van der Waals surface area contributed by atoms with Crippen LogP contribution in [0, 0.1) is 11.3 Å². The Hall–Kier alpha value is -6.74. The van der Waals surface area contributed by atoms with Crippen LogP contribution in [0.3, 0.4) is 0 Å². The Balaban J connectivity index is 1.24. The number of esters is 3. The molecule has 0 fully saturated rings. The number of carbonyl (C=O) groups excluding carboxylic acids is 3. The van der Waals surface area contributed by atoms with E-state index in [9.17, 15) is 14.4 Å². The van der Waals surface area contributed by atoms with Crippen molar-refractivity contribution in [1.29, 1.82) is 5.26 Å². The molecule has 4 aromatic rings. The molecule has 0 heterocycles. The number of carbonyl (C=O) groups is 3. The maximum atomic E-state index is 13.6. The lowest BCUT2D eigenvalue weighted by Gasteiger charge is -2.14. The van der Waals surface area contributed by atoms with Crippen LogP contribution in [0.5, 0.6) is 40.2 Å². The van der Waals surface area contributed by atoms with Gasteiger partial charge in [-0.2, -0.15) is 5.26 Å². The first-order valence-electron chi connectivity index (χ1n) is 22.2. The van der Waals surface area contributed by atoms with Gasteiger partial charge >= 0.3 is 17.9 Å². The van der Waals surface area contributed by atoms with Gasteiger partial charge < -0.3 is 37.9 Å². The molecule has 0 unspecified atom stereocenters. The van der Waals surface area contributed by atoms with Crippen molar-refractivity contribution in [3.05, 3.63) is 127 Å². The Bertz CT molecular complexity index is 2040. The molecule has 12 nitrogen and oxygen atoms in total. The molecule has 340 valence electrons. The SMILES string of the molecule is C=CC(=O)OCCCCCCOc1ccc(Oc2ccc(Oc3ccc(OCCCCCCOC(=O)C=C)cc3)c(C(=O)OCCCCCCCCOc3ccc(C#N)cc3)c2)cc1. The molecule has 0 aliphatic carbocycles. The normalized spacial score (nSPS) is 10.5. The van der Waals surface area contributed by atoms with E-state index < -0.39 is 17.9 Å². The Morgan fingerprint density at radius 2 is 0.797 bits per heavy atom. The first-order chi connectivity index (χ1) is 31.4. The highest BCUT2D eigenvalue weighted by Crippen LogP contribution is 2.33. The topological polar surface area (TPSA) is 149 Å². The molecule has 0 spiro atoms. The first-order valence-corrected chi connectivity index (χ1v) is 22.2. The Morgan fingerprint density at radius 1 is 0.438 bits per heavy atom. The summed E-state index contributed by atoms with van der Waals surface area (Å²) in [7, 11) is 0. The molecule has 0 N–H and O–H groups in total. The number of rotatable bonds is 33. The summed E-state index contributed by atoms with van der Waals surface area (Å²) in [6, 6.07) is 28.8. The van der Waals surface area contributed by atoms with Crippen molar-refractivity contribution in [2.24, 2.45) is 0 Å². The van der Waals surface area contributed by atoms with E-state index in [0.29, 0.717) is 73.1 Å². The van der Waals surface area contributed by atoms with E-state index in [1.165, 1.54) is 6.08 Å². The molecule has 0 aliphatic heterocycles. The number of nitriles is 1. The van der Waals surface area contributed by atoms with Gasteiger partial charge in [-0.1, -0.05) is 38.8 Å². The van der Waals surface area contributed by atoms with Crippen LogP contribution in [0.15, 0.2) is 116 Å². The van der Waals surface area contributed by atoms with E-state index >= 15 is 0 Å². The fourth-order valence-corrected chi connectivity index (χ4v) is 6.22. The number of ether oxygens (including phenoxy) is 8. The molecule has 0 atom stereocenters. The van der Waals surface area contributed by atoms with Crippen molar-refractivity contribution < 1.29 is 52.3 Å². The van der Waals surface area contributed by atoms with Gasteiger partial charge in [0.15, 0.2) is 0 Å². The fourth-order valence-electron chi connectivity index (χ4n) is 6.22. The number of hydrogen-bond acceptors (Lipinski definition) is 12. The van der Waals surface area contributed by atoms with Crippen LogP contribution in [0.2, 0.25) is 0 Å². The third-order valence-corrected chi connectivity index (χ3v) is 9.74. The highest BCUT2D eigenvalue weighted by molar-refractivity contribution is 5.93. The minimum absolute atomic E-state index is 0.234. The van der Waals surface area contributed by atoms with Crippen molar-refractivity contribution in [2.45, 2.75) is 89.9 Å². The molecule has 0 radical (unpaired) electrons. The van der Waals surface area contributed by atoms with Gasteiger partial charge in [0.05, 0.1) is 51.3 Å². The highest BCUT2D eigenvalue weighted by atomic mass is 16.5. The summed E-state index contributed by atoms with van der Waals surface area (Å²) in [5.41, 5.74) is 0.844. The zero-order chi connectivity index (χ0) is 45.5. The second-order valence-corrected chi connectivity index (χ2v) is 14.8. The summed E-state index contributed by atoms with van der Waals surface area (Å²) in [4.78, 5) is 35.8. The molecule has 0 saturated carbocycles. The van der Waals surface area contributed by atoms with E-state index in [2.05, 4.69) is 19.2 Å². The average Bonchev–Trinajstić information content (AvgIpc) is 3.32. The molecule has 12 heteroatoms. The standard InChI is InChI=1S/C52H61NO11/c1-3-50(54)60-36-16-11-9-14-34-58-43-23-27-45(28-24-43)63-47-31-32-49(64-46-29-25-44(26-30-46)59-35-15-10-12-17-37-61-51(55)4-2)48(39-47)52(56)62-38-18-8-6-5-7-13-33-57-42-21-19-41(40-53)20-22-42/h3-4,19-32,39H,1-2,5-18,33-38H2. The van der Waals surface area contributed by atoms with Crippen molar-refractivity contribution in [3.63, 3.8) is 0 Å². The van der Waals surface area contributed by atoms with Crippen LogP contribution in [0.4, 0.5) is 0 Å². The summed E-state index contributed by atoms with van der Waals surface area (Å²) in [6.07, 6.45) is 15.1. The molecule has 0 amide bonds. The van der Waals surface area contributed by atoms with Gasteiger partial charge in [0.2, 0.25) is 0 Å². The third kappa shape index (κ3) is 20.4. The van der Waals surface area contributed by atoms with Crippen molar-refractivity contribution in [1.82, 2.24) is 0 Å². The van der Waals surface area contributed by atoms with E-state index in [4.69, 9.17) is 43.2 Å². The smallest absolute Gasteiger partial charge is 0.342 e. The van der Waals surface area contributed by atoms with Crippen LogP contribution in [-0.4, -0.2) is 57.5 Å². The maximum Gasteiger partial charge on any atom is 0.342 e. The molecule has 0 aromatic heterocycles. The van der Waals surface area contributed by atoms with E-state index in [1.807, 2.05) is 48.5 Å². The van der Waals surface area contributed by atoms with Gasteiger partial charge in [0, 0.05) is 12.2 Å². The number of benzene rings is 4. The third-order valence-electron chi connectivity index (χ3n) is 9.74. The summed E-state index contributed by atoms with van der Waals surface area (Å²) in [6.45, 7) is 9.57. The van der Waals surface area contributed by atoms with Crippen LogP contribution in [-0.2, 0) is 23.8 Å². The minimum atomic E-state index is -0.513. The van der Waals surface area contributed by atoms with Crippen molar-refractivity contribution in [2.75, 3.05) is 39.6 Å². The summed E-state index contributed by atoms with van der Waals surface area (Å²) < 4.78 is 45.7. The average molecular weight is 876 g/mol. The van der Waals surface area contributed by atoms with Crippen LogP contribution < -0.4 is 23.7 Å². The number of hydrogen-bond donors (Lipinski definition) is 0. The first kappa shape index (κ1) is 49.9.